The molecule has 0 aromatic carbocycles. The molecule has 0 rings (SSSR count). The fraction of sp³-hybridized carbons (Fsp3) is 0.902. The Bertz CT molecular complexity index is 885. The summed E-state index contributed by atoms with van der Waals surface area (Å²) in [7, 11) is 0. The van der Waals surface area contributed by atoms with E-state index in [4.69, 9.17) is 14.2 Å². The molecule has 336 valence electrons. The topological polar surface area (TPSA) is 78.9 Å². The summed E-state index contributed by atoms with van der Waals surface area (Å²) in [5.74, 6) is -0.863. The molecule has 0 amide bonds. The molecule has 6 nitrogen and oxygen atoms in total. The zero-order valence-electron chi connectivity index (χ0n) is 38.4. The second-order valence-electron chi connectivity index (χ2n) is 17.1. The zero-order chi connectivity index (χ0) is 41.5. The van der Waals surface area contributed by atoms with Crippen molar-refractivity contribution >= 4 is 17.9 Å². The Balaban J connectivity index is 4.31. The summed E-state index contributed by atoms with van der Waals surface area (Å²) in [6.07, 6.45) is 50.4. The smallest absolute Gasteiger partial charge is 0.306 e. The molecular weight excluding hydrogens is 709 g/mol. The molecule has 57 heavy (non-hydrogen) atoms. The Morgan fingerprint density at radius 2 is 0.579 bits per heavy atom. The van der Waals surface area contributed by atoms with E-state index in [1.807, 2.05) is 0 Å². The highest BCUT2D eigenvalue weighted by molar-refractivity contribution is 5.71. The Labute approximate surface area is 354 Å². The van der Waals surface area contributed by atoms with Gasteiger partial charge in [-0.15, -0.1) is 0 Å². The quantitative estimate of drug-likeness (QED) is 0.0264. The van der Waals surface area contributed by atoms with Crippen molar-refractivity contribution in [3.8, 4) is 0 Å². The maximum atomic E-state index is 12.7. The fourth-order valence-electron chi connectivity index (χ4n) is 7.44. The highest BCUT2D eigenvalue weighted by Gasteiger charge is 2.19. The lowest BCUT2D eigenvalue weighted by Gasteiger charge is -2.18. The molecule has 0 aromatic heterocycles. The maximum absolute atomic E-state index is 12.7. The first kappa shape index (κ1) is 55.2. The number of esters is 3. The highest BCUT2D eigenvalue weighted by Crippen LogP contribution is 2.16. The molecule has 0 unspecified atom stereocenters. The van der Waals surface area contributed by atoms with Crippen molar-refractivity contribution in [1.82, 2.24) is 0 Å². The van der Waals surface area contributed by atoms with Gasteiger partial charge in [0.1, 0.15) is 13.2 Å². The van der Waals surface area contributed by atoms with Gasteiger partial charge in [-0.05, 0) is 44.9 Å². The van der Waals surface area contributed by atoms with Crippen LogP contribution in [0.1, 0.15) is 278 Å². The Morgan fingerprint density at radius 1 is 0.333 bits per heavy atom. The van der Waals surface area contributed by atoms with Crippen molar-refractivity contribution in [2.24, 2.45) is 0 Å². The lowest BCUT2D eigenvalue weighted by Crippen LogP contribution is -2.30. The molecule has 0 spiro atoms. The van der Waals surface area contributed by atoms with Gasteiger partial charge in [-0.25, -0.2) is 0 Å². The van der Waals surface area contributed by atoms with Crippen molar-refractivity contribution in [3.05, 3.63) is 12.2 Å². The van der Waals surface area contributed by atoms with Crippen molar-refractivity contribution in [2.45, 2.75) is 284 Å². The summed E-state index contributed by atoms with van der Waals surface area (Å²) < 4.78 is 16.8. The fourth-order valence-corrected chi connectivity index (χ4v) is 7.44. The van der Waals surface area contributed by atoms with Crippen LogP contribution in [0.5, 0.6) is 0 Å². The molecular formula is C51H96O6. The SMILES string of the molecule is CCCCCC/C=C\CCCCCCCC(=O)OC[C@@H](COC(=O)CCCCCCCCCCCCCCCCC)OC(=O)CCCCCCCCCCCCC. The number of carbonyl (C=O) groups is 3. The summed E-state index contributed by atoms with van der Waals surface area (Å²) in [5, 5.41) is 0. The molecule has 0 heterocycles. The minimum Gasteiger partial charge on any atom is -0.462 e. The number of carbonyl (C=O) groups excluding carboxylic acids is 3. The number of hydrogen-bond acceptors (Lipinski definition) is 6. The van der Waals surface area contributed by atoms with Gasteiger partial charge in [-0.1, -0.05) is 226 Å². The zero-order valence-corrected chi connectivity index (χ0v) is 38.4. The normalized spacial score (nSPS) is 12.0. The van der Waals surface area contributed by atoms with Gasteiger partial charge in [-0.3, -0.25) is 14.4 Å². The molecule has 0 aliphatic rings. The first-order valence-corrected chi connectivity index (χ1v) is 25.2. The van der Waals surface area contributed by atoms with Crippen LogP contribution in [0.2, 0.25) is 0 Å². The summed E-state index contributed by atoms with van der Waals surface area (Å²) >= 11 is 0. The van der Waals surface area contributed by atoms with E-state index in [1.165, 1.54) is 173 Å². The maximum Gasteiger partial charge on any atom is 0.306 e. The summed E-state index contributed by atoms with van der Waals surface area (Å²) in [4.78, 5) is 37.8. The average Bonchev–Trinajstić information content (AvgIpc) is 3.21. The molecule has 0 radical (unpaired) electrons. The first-order chi connectivity index (χ1) is 28.0. The number of hydrogen-bond donors (Lipinski definition) is 0. The van der Waals surface area contributed by atoms with Crippen molar-refractivity contribution < 1.29 is 28.6 Å². The van der Waals surface area contributed by atoms with E-state index >= 15 is 0 Å². The molecule has 0 saturated carbocycles. The second-order valence-corrected chi connectivity index (χ2v) is 17.1. The van der Waals surface area contributed by atoms with E-state index in [0.29, 0.717) is 19.3 Å². The third-order valence-corrected chi connectivity index (χ3v) is 11.3. The molecule has 0 N–H and O–H groups in total. The lowest BCUT2D eigenvalue weighted by atomic mass is 10.0. The minimum absolute atomic E-state index is 0.0674. The molecule has 0 aliphatic carbocycles. The van der Waals surface area contributed by atoms with Gasteiger partial charge in [0.2, 0.25) is 0 Å². The van der Waals surface area contributed by atoms with Crippen LogP contribution >= 0.6 is 0 Å². The van der Waals surface area contributed by atoms with Crippen LogP contribution in [0.4, 0.5) is 0 Å². The van der Waals surface area contributed by atoms with Crippen LogP contribution in [0.25, 0.3) is 0 Å². The highest BCUT2D eigenvalue weighted by atomic mass is 16.6. The molecule has 0 fully saturated rings. The number of rotatable bonds is 46. The first-order valence-electron chi connectivity index (χ1n) is 25.2. The van der Waals surface area contributed by atoms with Gasteiger partial charge in [0.05, 0.1) is 0 Å². The van der Waals surface area contributed by atoms with E-state index in [9.17, 15) is 14.4 Å². The number of unbranched alkanes of at least 4 members (excludes halogenated alkanes) is 33. The molecule has 0 saturated heterocycles. The van der Waals surface area contributed by atoms with Crippen LogP contribution < -0.4 is 0 Å². The minimum atomic E-state index is -0.765. The van der Waals surface area contributed by atoms with Crippen LogP contribution in [-0.2, 0) is 28.6 Å². The molecule has 1 atom stereocenters. The Kier molecular flexibility index (Phi) is 45.3. The van der Waals surface area contributed by atoms with Crippen molar-refractivity contribution in [1.29, 1.82) is 0 Å². The summed E-state index contributed by atoms with van der Waals surface area (Å²) in [5.41, 5.74) is 0. The van der Waals surface area contributed by atoms with Crippen molar-refractivity contribution in [2.75, 3.05) is 13.2 Å². The van der Waals surface area contributed by atoms with E-state index in [0.717, 1.165) is 64.2 Å². The van der Waals surface area contributed by atoms with Gasteiger partial charge >= 0.3 is 17.9 Å². The lowest BCUT2D eigenvalue weighted by molar-refractivity contribution is -0.167. The van der Waals surface area contributed by atoms with Crippen LogP contribution in [0, 0.1) is 0 Å². The summed E-state index contributed by atoms with van der Waals surface area (Å²) in [6.45, 7) is 6.64. The van der Waals surface area contributed by atoms with Crippen LogP contribution in [0.15, 0.2) is 12.2 Å². The Hall–Kier alpha value is -1.85. The Morgan fingerprint density at radius 3 is 0.895 bits per heavy atom. The van der Waals surface area contributed by atoms with E-state index < -0.39 is 6.10 Å². The third kappa shape index (κ3) is 45.1. The summed E-state index contributed by atoms with van der Waals surface area (Å²) in [6, 6.07) is 0. The van der Waals surface area contributed by atoms with E-state index in [2.05, 4.69) is 32.9 Å². The van der Waals surface area contributed by atoms with E-state index in [-0.39, 0.29) is 31.1 Å². The van der Waals surface area contributed by atoms with Gasteiger partial charge in [-0.2, -0.15) is 0 Å². The van der Waals surface area contributed by atoms with Gasteiger partial charge in [0.15, 0.2) is 6.10 Å². The second kappa shape index (κ2) is 46.8. The monoisotopic (exact) mass is 805 g/mol. The number of allylic oxidation sites excluding steroid dienone is 2. The molecule has 6 heteroatoms. The van der Waals surface area contributed by atoms with E-state index in [1.54, 1.807) is 0 Å². The van der Waals surface area contributed by atoms with Gasteiger partial charge in [0.25, 0.3) is 0 Å². The van der Waals surface area contributed by atoms with Gasteiger partial charge in [0, 0.05) is 19.3 Å². The standard InChI is InChI=1S/C51H96O6/c1-4-7-10-13-16-19-22-24-25-27-30-32-35-38-41-44-50(53)56-47-48(57-51(54)45-42-39-36-33-28-21-18-15-12-9-6-3)46-55-49(52)43-40-37-34-31-29-26-23-20-17-14-11-8-5-2/h20,23,48H,4-19,21-22,24-47H2,1-3H3/b23-20-/t48-/m0/s1. The molecule has 0 aliphatic heterocycles. The third-order valence-electron chi connectivity index (χ3n) is 11.3. The average molecular weight is 805 g/mol. The predicted octanol–water partition coefficient (Wildman–Crippen LogP) is 16.2. The predicted molar refractivity (Wildman–Crippen MR) is 243 cm³/mol. The molecule has 0 bridgehead atoms. The van der Waals surface area contributed by atoms with Crippen molar-refractivity contribution in [3.63, 3.8) is 0 Å². The van der Waals surface area contributed by atoms with Gasteiger partial charge < -0.3 is 14.2 Å². The van der Waals surface area contributed by atoms with Crippen LogP contribution in [-0.4, -0.2) is 37.2 Å². The largest absolute Gasteiger partial charge is 0.462 e. The molecule has 0 aromatic rings. The number of ether oxygens (including phenoxy) is 3. The van der Waals surface area contributed by atoms with Crippen LogP contribution in [0.3, 0.4) is 0 Å².